The molecule has 2 aliphatic rings. The van der Waals surface area contributed by atoms with Gasteiger partial charge in [0.15, 0.2) is 12.5 Å². The van der Waals surface area contributed by atoms with Crippen molar-refractivity contribution in [1.82, 2.24) is 14.8 Å². The molecule has 0 spiro atoms. The first-order valence-electron chi connectivity index (χ1n) is 11.8. The van der Waals surface area contributed by atoms with Gasteiger partial charge >= 0.3 is 5.97 Å². The number of ether oxygens (including phenoxy) is 4. The molecule has 1 aromatic heterocycles. The van der Waals surface area contributed by atoms with Crippen molar-refractivity contribution in [3.05, 3.63) is 48.0 Å². The minimum absolute atomic E-state index is 0.00395. The van der Waals surface area contributed by atoms with Crippen molar-refractivity contribution < 1.29 is 33.3 Å². The Bertz CT molecular complexity index is 1110. The summed E-state index contributed by atoms with van der Waals surface area (Å²) in [6, 6.07) is 9.49. The Hall–Kier alpha value is -2.86. The van der Waals surface area contributed by atoms with Crippen molar-refractivity contribution >= 4 is 28.7 Å². The van der Waals surface area contributed by atoms with Crippen LogP contribution in [0.2, 0.25) is 0 Å². The lowest BCUT2D eigenvalue weighted by molar-refractivity contribution is -0.173. The van der Waals surface area contributed by atoms with E-state index in [1.165, 1.54) is 11.0 Å². The first-order chi connectivity index (χ1) is 17.2. The molecule has 2 aliphatic heterocycles. The summed E-state index contributed by atoms with van der Waals surface area (Å²) in [6.45, 7) is 10.7. The molecule has 0 saturated carbocycles. The number of benzene rings is 1. The number of nitrogens with two attached hydrogens (primary N) is 1. The molecule has 12 heteroatoms. The van der Waals surface area contributed by atoms with E-state index >= 15 is 0 Å². The Balaban J connectivity index is 0.000000479. The van der Waals surface area contributed by atoms with Gasteiger partial charge in [0, 0.05) is 11.0 Å². The number of amides is 1. The lowest BCUT2D eigenvalue weighted by Gasteiger charge is -2.22. The molecule has 2 saturated heterocycles. The van der Waals surface area contributed by atoms with Crippen molar-refractivity contribution in [2.75, 3.05) is 6.61 Å². The summed E-state index contributed by atoms with van der Waals surface area (Å²) >= 11 is 5.11. The van der Waals surface area contributed by atoms with Gasteiger partial charge in [0.1, 0.15) is 31.2 Å². The minimum Gasteiger partial charge on any atom is -0.462 e. The van der Waals surface area contributed by atoms with Crippen LogP contribution < -0.4 is 5.73 Å². The van der Waals surface area contributed by atoms with Crippen molar-refractivity contribution in [1.29, 1.82) is 0 Å². The van der Waals surface area contributed by atoms with Gasteiger partial charge in [-0.3, -0.25) is 14.4 Å². The monoisotopic (exact) mass is 536 g/mol. The van der Waals surface area contributed by atoms with Crippen molar-refractivity contribution in [2.24, 2.45) is 16.6 Å². The smallest absolute Gasteiger partial charge is 0.311 e. The molecule has 4 rings (SSSR count). The van der Waals surface area contributed by atoms with Crippen LogP contribution in [-0.2, 0) is 28.5 Å². The number of rotatable bonds is 5. The summed E-state index contributed by atoms with van der Waals surface area (Å²) in [7, 11) is 0. The van der Waals surface area contributed by atoms with Crippen LogP contribution in [0.5, 0.6) is 0 Å². The number of hydrogen-bond acceptors (Lipinski definition) is 9. The topological polar surface area (TPSA) is 145 Å². The average Bonchev–Trinajstić information content (AvgIpc) is 3.53. The maximum Gasteiger partial charge on any atom is 0.311 e. The molecule has 0 radical (unpaired) electrons. The molecule has 1 amide bonds. The lowest BCUT2D eigenvalue weighted by atomic mass is 9.97. The first-order valence-corrected chi connectivity index (χ1v) is 12.2. The summed E-state index contributed by atoms with van der Waals surface area (Å²) in [5.41, 5.74) is 5.09. The molecular formula is C25H33ClN4O7. The van der Waals surface area contributed by atoms with Gasteiger partial charge in [0.2, 0.25) is 11.1 Å². The second-order valence-electron chi connectivity index (χ2n) is 10.8. The number of carbonyl (C=O) groups is 3. The molecule has 2 unspecified atom stereocenters. The number of halogens is 1. The summed E-state index contributed by atoms with van der Waals surface area (Å²) in [5, 5.41) is 3.80. The number of nitrogens with zero attached hydrogens (tertiary/aromatic N) is 3. The summed E-state index contributed by atoms with van der Waals surface area (Å²) < 4.78 is 25.1. The third-order valence-electron chi connectivity index (χ3n) is 5.49. The van der Waals surface area contributed by atoms with Crippen LogP contribution in [0.1, 0.15) is 70.2 Å². The van der Waals surface area contributed by atoms with E-state index < -0.39 is 42.2 Å². The van der Waals surface area contributed by atoms with E-state index in [4.69, 9.17) is 36.3 Å². The van der Waals surface area contributed by atoms with E-state index in [9.17, 15) is 14.4 Å². The van der Waals surface area contributed by atoms with E-state index in [0.717, 1.165) is 5.56 Å². The maximum absolute atomic E-state index is 12.2. The summed E-state index contributed by atoms with van der Waals surface area (Å²) in [4.78, 5) is 37.7. The van der Waals surface area contributed by atoms with E-state index in [1.807, 2.05) is 30.3 Å². The molecule has 0 bridgehead atoms. The van der Waals surface area contributed by atoms with Crippen LogP contribution in [0, 0.1) is 10.8 Å². The van der Waals surface area contributed by atoms with Crippen LogP contribution in [0.4, 0.5) is 0 Å². The van der Waals surface area contributed by atoms with E-state index in [2.05, 4.69) is 10.1 Å². The van der Waals surface area contributed by atoms with Crippen molar-refractivity contribution in [2.45, 2.75) is 72.4 Å². The van der Waals surface area contributed by atoms with Gasteiger partial charge < -0.3 is 24.7 Å². The minimum atomic E-state index is -0.746. The van der Waals surface area contributed by atoms with Gasteiger partial charge in [-0.15, -0.1) is 5.10 Å². The highest BCUT2D eigenvalue weighted by molar-refractivity contribution is 6.64. The zero-order valence-corrected chi connectivity index (χ0v) is 22.5. The molecule has 2 N–H and O–H groups in total. The number of primary amides is 1. The van der Waals surface area contributed by atoms with Crippen LogP contribution >= 0.6 is 11.6 Å². The quantitative estimate of drug-likeness (QED) is 0.449. The molecule has 202 valence electrons. The van der Waals surface area contributed by atoms with Crippen LogP contribution in [0.15, 0.2) is 36.7 Å². The predicted octanol–water partition coefficient (Wildman–Crippen LogP) is 3.14. The Morgan fingerprint density at radius 3 is 2.11 bits per heavy atom. The fourth-order valence-electron chi connectivity index (χ4n) is 3.33. The van der Waals surface area contributed by atoms with Crippen LogP contribution in [0.25, 0.3) is 0 Å². The number of hydrogen-bond donors (Lipinski definition) is 1. The second kappa shape index (κ2) is 11.3. The van der Waals surface area contributed by atoms with Gasteiger partial charge in [-0.25, -0.2) is 9.67 Å². The predicted molar refractivity (Wildman–Crippen MR) is 132 cm³/mol. The van der Waals surface area contributed by atoms with E-state index in [-0.39, 0.29) is 29.1 Å². The number of fused-ring (bicyclic) bond motifs is 1. The van der Waals surface area contributed by atoms with Gasteiger partial charge in [-0.1, -0.05) is 51.1 Å². The van der Waals surface area contributed by atoms with E-state index in [0.29, 0.717) is 0 Å². The Labute approximate surface area is 220 Å². The molecule has 37 heavy (non-hydrogen) atoms. The molecule has 5 atom stereocenters. The lowest BCUT2D eigenvalue weighted by Crippen LogP contribution is -2.34. The summed E-state index contributed by atoms with van der Waals surface area (Å²) in [5.74, 6) is -1.22. The molecule has 0 aliphatic carbocycles. The number of carbonyl (C=O) groups excluding carboxylic acids is 3. The standard InChI is InChI=1S/C20H24N4O6.C5H9ClO/c1-20(2,3)19(26)27-9-12-13-14(30-18(29-13)11-7-5-4-6-8-11)17(28-12)24-10-22-16(23-24)15(21)25;1-5(2,3)4(6)7/h4-8,10,12-14,17-18H,9H2,1-3H3,(H2,21,25);1-3H3/t12-,13?,14-,17-,18?;/m1./s1. The largest absolute Gasteiger partial charge is 0.462 e. The molecule has 2 aromatic rings. The third-order valence-corrected chi connectivity index (χ3v) is 6.06. The third kappa shape index (κ3) is 7.13. The van der Waals surface area contributed by atoms with Crippen molar-refractivity contribution in [3.63, 3.8) is 0 Å². The van der Waals surface area contributed by atoms with Crippen molar-refractivity contribution in [3.8, 4) is 0 Å². The Morgan fingerprint density at radius 2 is 1.59 bits per heavy atom. The first kappa shape index (κ1) is 28.7. The van der Waals surface area contributed by atoms with E-state index in [1.54, 1.807) is 41.5 Å². The van der Waals surface area contributed by atoms with Gasteiger partial charge in [0.25, 0.3) is 5.91 Å². The highest BCUT2D eigenvalue weighted by Crippen LogP contribution is 2.44. The molecule has 2 fully saturated rings. The van der Waals surface area contributed by atoms with Gasteiger partial charge in [-0.2, -0.15) is 0 Å². The van der Waals surface area contributed by atoms with Gasteiger partial charge in [-0.05, 0) is 32.4 Å². The normalized spacial score (nSPS) is 25.1. The average molecular weight is 537 g/mol. The molecule has 11 nitrogen and oxygen atoms in total. The molecule has 1 aromatic carbocycles. The fourth-order valence-corrected chi connectivity index (χ4v) is 3.33. The zero-order valence-electron chi connectivity index (χ0n) is 21.7. The number of aromatic nitrogens is 3. The Morgan fingerprint density at radius 1 is 1.00 bits per heavy atom. The SMILES string of the molecule is CC(C)(C)C(=O)Cl.CC(C)(C)C(=O)OC[C@H]1O[C@@H](n2cnc(C(N)=O)n2)[C@@H]2OC(c3ccccc3)OC21. The zero-order chi connectivity index (χ0) is 27.5. The van der Waals surface area contributed by atoms with Gasteiger partial charge in [0.05, 0.1) is 5.41 Å². The maximum atomic E-state index is 12.2. The highest BCUT2D eigenvalue weighted by Gasteiger charge is 2.54. The highest BCUT2D eigenvalue weighted by atomic mass is 35.5. The summed E-state index contributed by atoms with van der Waals surface area (Å²) in [6.07, 6.45) is -1.61. The second-order valence-corrected chi connectivity index (χ2v) is 11.1. The molecular weight excluding hydrogens is 504 g/mol. The van der Waals surface area contributed by atoms with Crippen LogP contribution in [0.3, 0.4) is 0 Å². The fraction of sp³-hybridized carbons (Fsp3) is 0.560. The number of esters is 1. The molecule has 3 heterocycles. The van der Waals surface area contributed by atoms with Crippen LogP contribution in [-0.4, -0.2) is 56.8 Å². The Kier molecular flexibility index (Phi) is 8.74.